The van der Waals surface area contributed by atoms with Crippen LogP contribution in [0.5, 0.6) is 0 Å². The summed E-state index contributed by atoms with van der Waals surface area (Å²) in [5, 5.41) is 15.7. The molecule has 7 nitrogen and oxygen atoms in total. The van der Waals surface area contributed by atoms with Crippen molar-refractivity contribution in [3.63, 3.8) is 0 Å². The number of halogens is 1. The molecule has 1 fully saturated rings. The van der Waals surface area contributed by atoms with E-state index in [0.717, 1.165) is 5.69 Å². The van der Waals surface area contributed by atoms with Crippen LogP contribution in [-0.2, 0) is 9.59 Å². The number of aliphatic hydroxyl groups is 1. The standard InChI is InChI=1S/C26H27FN4O3/c1-17-21(16-28-31(17)20-11-5-4-6-12-20)24(32)22-23(18-9-7-10-19(27)15-18)30(26(34)25(22)33)14-8-13-29(2)3/h4-7,9-12,15-16,23,32H,8,13-14H2,1-3H3/b24-22+/t23-/m0/s1. The van der Waals surface area contributed by atoms with Gasteiger partial charge in [0.05, 0.1) is 34.8 Å². The lowest BCUT2D eigenvalue weighted by atomic mass is 9.95. The van der Waals surface area contributed by atoms with Crippen molar-refractivity contribution in [1.82, 2.24) is 19.6 Å². The maximum Gasteiger partial charge on any atom is 0.295 e. The summed E-state index contributed by atoms with van der Waals surface area (Å²) < 4.78 is 15.8. The third kappa shape index (κ3) is 4.36. The molecule has 0 unspecified atom stereocenters. The van der Waals surface area contributed by atoms with Crippen LogP contribution in [0.4, 0.5) is 4.39 Å². The van der Waals surface area contributed by atoms with Crippen LogP contribution < -0.4 is 0 Å². The molecule has 34 heavy (non-hydrogen) atoms. The predicted molar refractivity (Wildman–Crippen MR) is 127 cm³/mol. The Morgan fingerprint density at radius 1 is 1.12 bits per heavy atom. The van der Waals surface area contributed by atoms with Crippen molar-refractivity contribution >= 4 is 17.4 Å². The number of hydrogen-bond acceptors (Lipinski definition) is 5. The molecule has 0 spiro atoms. The Bertz CT molecular complexity index is 1250. The molecule has 0 saturated carbocycles. The van der Waals surface area contributed by atoms with Crippen molar-refractivity contribution in [1.29, 1.82) is 0 Å². The minimum Gasteiger partial charge on any atom is -0.507 e. The van der Waals surface area contributed by atoms with E-state index in [1.807, 2.05) is 49.3 Å². The van der Waals surface area contributed by atoms with Crippen LogP contribution in [0, 0.1) is 12.7 Å². The minimum absolute atomic E-state index is 0.0591. The highest BCUT2D eigenvalue weighted by Crippen LogP contribution is 2.40. The van der Waals surface area contributed by atoms with Crippen molar-refractivity contribution < 1.29 is 19.1 Å². The number of para-hydroxylation sites is 1. The number of rotatable bonds is 7. The number of aliphatic hydroxyl groups excluding tert-OH is 1. The number of carbonyl (C=O) groups excluding carboxylic acids is 2. The van der Waals surface area contributed by atoms with E-state index in [9.17, 15) is 19.1 Å². The van der Waals surface area contributed by atoms with Gasteiger partial charge in [-0.2, -0.15) is 5.10 Å². The van der Waals surface area contributed by atoms with Crippen LogP contribution in [0.3, 0.4) is 0 Å². The minimum atomic E-state index is -0.891. The van der Waals surface area contributed by atoms with E-state index in [2.05, 4.69) is 5.10 Å². The molecule has 1 saturated heterocycles. The van der Waals surface area contributed by atoms with Gasteiger partial charge in [-0.05, 0) is 63.8 Å². The van der Waals surface area contributed by atoms with Gasteiger partial charge in [-0.1, -0.05) is 30.3 Å². The summed E-state index contributed by atoms with van der Waals surface area (Å²) in [4.78, 5) is 29.6. The molecule has 1 amide bonds. The molecule has 0 bridgehead atoms. The van der Waals surface area contributed by atoms with Crippen molar-refractivity contribution in [2.24, 2.45) is 0 Å². The van der Waals surface area contributed by atoms with E-state index in [-0.39, 0.29) is 11.3 Å². The number of amides is 1. The third-order valence-electron chi connectivity index (χ3n) is 5.97. The molecule has 1 N–H and O–H groups in total. The van der Waals surface area contributed by atoms with Gasteiger partial charge >= 0.3 is 0 Å². The normalized spacial score (nSPS) is 17.7. The Morgan fingerprint density at radius 3 is 2.53 bits per heavy atom. The van der Waals surface area contributed by atoms with Crippen molar-refractivity contribution in [2.75, 3.05) is 27.2 Å². The van der Waals surface area contributed by atoms with E-state index in [4.69, 9.17) is 0 Å². The second-order valence-electron chi connectivity index (χ2n) is 8.60. The number of ketones is 1. The molecule has 3 aromatic rings. The fraction of sp³-hybridized carbons (Fsp3) is 0.269. The number of likely N-dealkylation sites (tertiary alicyclic amines) is 1. The summed E-state index contributed by atoms with van der Waals surface area (Å²) in [5.41, 5.74) is 2.12. The Labute approximate surface area is 197 Å². The van der Waals surface area contributed by atoms with Crippen LogP contribution in [0.25, 0.3) is 11.4 Å². The molecular formula is C26H27FN4O3. The van der Waals surface area contributed by atoms with Crippen LogP contribution >= 0.6 is 0 Å². The zero-order chi connectivity index (χ0) is 24.4. The fourth-order valence-corrected chi connectivity index (χ4v) is 4.31. The van der Waals surface area contributed by atoms with Gasteiger partial charge in [0.25, 0.3) is 11.7 Å². The monoisotopic (exact) mass is 462 g/mol. The molecule has 1 atom stereocenters. The van der Waals surface area contributed by atoms with E-state index >= 15 is 0 Å². The summed E-state index contributed by atoms with van der Waals surface area (Å²) in [7, 11) is 3.84. The predicted octanol–water partition coefficient (Wildman–Crippen LogP) is 3.69. The molecule has 2 heterocycles. The lowest BCUT2D eigenvalue weighted by Crippen LogP contribution is -2.32. The van der Waals surface area contributed by atoms with Crippen molar-refractivity contribution in [2.45, 2.75) is 19.4 Å². The number of carbonyl (C=O) groups is 2. The number of aromatic nitrogens is 2. The van der Waals surface area contributed by atoms with Crippen molar-refractivity contribution in [3.8, 4) is 5.69 Å². The molecule has 2 aromatic carbocycles. The lowest BCUT2D eigenvalue weighted by molar-refractivity contribution is -0.139. The summed E-state index contributed by atoms with van der Waals surface area (Å²) in [5.74, 6) is -2.29. The van der Waals surface area contributed by atoms with Crippen molar-refractivity contribution in [3.05, 3.63) is 89.0 Å². The van der Waals surface area contributed by atoms with Crippen LogP contribution in [0.1, 0.15) is 29.3 Å². The van der Waals surface area contributed by atoms with Crippen LogP contribution in [0.15, 0.2) is 66.4 Å². The highest BCUT2D eigenvalue weighted by atomic mass is 19.1. The number of benzene rings is 2. The van der Waals surface area contributed by atoms with E-state index in [1.165, 1.54) is 29.3 Å². The Morgan fingerprint density at radius 2 is 1.85 bits per heavy atom. The average molecular weight is 463 g/mol. The zero-order valence-electron chi connectivity index (χ0n) is 19.4. The first-order valence-corrected chi connectivity index (χ1v) is 11.1. The first-order valence-electron chi connectivity index (χ1n) is 11.1. The van der Waals surface area contributed by atoms with Gasteiger partial charge in [0.15, 0.2) is 0 Å². The molecule has 0 aliphatic carbocycles. The maximum absolute atomic E-state index is 14.1. The highest BCUT2D eigenvalue weighted by molar-refractivity contribution is 6.46. The molecule has 4 rings (SSSR count). The van der Waals surface area contributed by atoms with Gasteiger partial charge in [0, 0.05) is 6.54 Å². The third-order valence-corrected chi connectivity index (χ3v) is 5.97. The van der Waals surface area contributed by atoms with Gasteiger partial charge in [0.2, 0.25) is 0 Å². The molecule has 8 heteroatoms. The summed E-state index contributed by atoms with van der Waals surface area (Å²) in [6.45, 7) is 2.78. The number of nitrogens with zero attached hydrogens (tertiary/aromatic N) is 4. The molecule has 1 aromatic heterocycles. The number of Topliss-reactive ketones (excluding diaryl/α,β-unsaturated/α-hetero) is 1. The second kappa shape index (κ2) is 9.61. The quantitative estimate of drug-likeness (QED) is 0.329. The summed E-state index contributed by atoms with van der Waals surface area (Å²) in [6, 6.07) is 14.3. The lowest BCUT2D eigenvalue weighted by Gasteiger charge is -2.26. The molecule has 1 aliphatic rings. The van der Waals surface area contributed by atoms with E-state index in [1.54, 1.807) is 17.7 Å². The van der Waals surface area contributed by atoms with Gasteiger partial charge in [0.1, 0.15) is 11.6 Å². The Balaban J connectivity index is 1.81. The first kappa shape index (κ1) is 23.4. The zero-order valence-corrected chi connectivity index (χ0v) is 19.4. The second-order valence-corrected chi connectivity index (χ2v) is 8.60. The van der Waals surface area contributed by atoms with Gasteiger partial charge < -0.3 is 14.9 Å². The molecular weight excluding hydrogens is 435 g/mol. The average Bonchev–Trinajstić information content (AvgIpc) is 3.32. The van der Waals surface area contributed by atoms with E-state index < -0.39 is 23.5 Å². The SMILES string of the molecule is Cc1c(/C(O)=C2\C(=O)C(=O)N(CCCN(C)C)[C@H]2c2cccc(F)c2)cnn1-c1ccccc1. The topological polar surface area (TPSA) is 78.7 Å². The first-order chi connectivity index (χ1) is 16.3. The van der Waals surface area contributed by atoms with E-state index in [0.29, 0.717) is 36.3 Å². The number of hydrogen-bond donors (Lipinski definition) is 1. The highest BCUT2D eigenvalue weighted by Gasteiger charge is 2.46. The van der Waals surface area contributed by atoms with Gasteiger partial charge in [-0.3, -0.25) is 9.59 Å². The Kier molecular flexibility index (Phi) is 6.61. The summed E-state index contributed by atoms with van der Waals surface area (Å²) >= 11 is 0. The van der Waals surface area contributed by atoms with Crippen LogP contribution in [0.2, 0.25) is 0 Å². The Hall–Kier alpha value is -3.78. The summed E-state index contributed by atoms with van der Waals surface area (Å²) in [6.07, 6.45) is 2.09. The maximum atomic E-state index is 14.1. The molecule has 0 radical (unpaired) electrons. The fourth-order valence-electron chi connectivity index (χ4n) is 4.31. The van der Waals surface area contributed by atoms with Gasteiger partial charge in [-0.15, -0.1) is 0 Å². The largest absolute Gasteiger partial charge is 0.507 e. The smallest absolute Gasteiger partial charge is 0.295 e. The van der Waals surface area contributed by atoms with Gasteiger partial charge in [-0.25, -0.2) is 9.07 Å². The van der Waals surface area contributed by atoms with Crippen LogP contribution in [-0.4, -0.2) is 63.6 Å². The molecule has 176 valence electrons. The molecule has 1 aliphatic heterocycles.